The van der Waals surface area contributed by atoms with Crippen molar-refractivity contribution in [1.82, 2.24) is 15.1 Å². The third kappa shape index (κ3) is 4.56. The summed E-state index contributed by atoms with van der Waals surface area (Å²) in [7, 11) is 2.16. The molecule has 1 aromatic carbocycles. The molecule has 1 aliphatic heterocycles. The maximum Gasteiger partial charge on any atom is 0.319 e. The van der Waals surface area contributed by atoms with Gasteiger partial charge in [0.2, 0.25) is 0 Å². The Morgan fingerprint density at radius 2 is 1.92 bits per heavy atom. The van der Waals surface area contributed by atoms with Crippen molar-refractivity contribution < 1.29 is 4.79 Å². The highest BCUT2D eigenvalue weighted by Crippen LogP contribution is 2.23. The lowest BCUT2D eigenvalue weighted by Crippen LogP contribution is -2.48. The zero-order chi connectivity index (χ0) is 16.8. The van der Waals surface area contributed by atoms with E-state index in [1.54, 1.807) is 11.3 Å². The molecule has 0 saturated carbocycles. The van der Waals surface area contributed by atoms with Crippen molar-refractivity contribution in [2.24, 2.45) is 0 Å². The van der Waals surface area contributed by atoms with Crippen LogP contribution in [0.3, 0.4) is 0 Å². The zero-order valence-electron chi connectivity index (χ0n) is 13.9. The number of rotatable bonds is 5. The molecular weight excluding hydrogens is 320 g/mol. The van der Waals surface area contributed by atoms with Gasteiger partial charge in [-0.2, -0.15) is 11.3 Å². The highest BCUT2D eigenvalue weighted by Gasteiger charge is 2.24. The molecule has 24 heavy (non-hydrogen) atoms. The van der Waals surface area contributed by atoms with Gasteiger partial charge >= 0.3 is 6.03 Å². The molecule has 0 unspecified atom stereocenters. The van der Waals surface area contributed by atoms with Crippen molar-refractivity contribution in [2.45, 2.75) is 6.04 Å². The molecule has 2 aromatic rings. The summed E-state index contributed by atoms with van der Waals surface area (Å²) >= 11 is 1.70. The number of thiophene rings is 1. The molecular formula is C18H24N4OS. The SMILES string of the molecule is CN1CCN([C@@H](CNC(=O)Nc2ccccc2)c2ccsc2)CC1. The Bertz CT molecular complexity index is 624. The van der Waals surface area contributed by atoms with Crippen molar-refractivity contribution in [3.05, 3.63) is 52.7 Å². The largest absolute Gasteiger partial charge is 0.336 e. The fourth-order valence-electron chi connectivity index (χ4n) is 2.94. The summed E-state index contributed by atoms with van der Waals surface area (Å²) in [6.07, 6.45) is 0. The monoisotopic (exact) mass is 344 g/mol. The lowest BCUT2D eigenvalue weighted by atomic mass is 10.1. The number of para-hydroxylation sites is 1. The number of urea groups is 1. The third-order valence-corrected chi connectivity index (χ3v) is 5.10. The molecule has 3 rings (SSSR count). The highest BCUT2D eigenvalue weighted by atomic mass is 32.1. The first-order chi connectivity index (χ1) is 11.7. The highest BCUT2D eigenvalue weighted by molar-refractivity contribution is 7.07. The van der Waals surface area contributed by atoms with Gasteiger partial charge in [-0.05, 0) is 41.6 Å². The minimum absolute atomic E-state index is 0.157. The Morgan fingerprint density at radius 3 is 2.58 bits per heavy atom. The van der Waals surface area contributed by atoms with Crippen LogP contribution in [-0.2, 0) is 0 Å². The summed E-state index contributed by atoms with van der Waals surface area (Å²) < 4.78 is 0. The molecule has 6 heteroatoms. The number of nitrogens with zero attached hydrogens (tertiary/aromatic N) is 2. The van der Waals surface area contributed by atoms with Crippen LogP contribution < -0.4 is 10.6 Å². The van der Waals surface area contributed by atoms with E-state index in [0.717, 1.165) is 31.9 Å². The van der Waals surface area contributed by atoms with Gasteiger partial charge in [-0.1, -0.05) is 18.2 Å². The molecule has 1 aliphatic rings. The van der Waals surface area contributed by atoms with Crippen LogP contribution in [0.1, 0.15) is 11.6 Å². The summed E-state index contributed by atoms with van der Waals surface area (Å²) in [5, 5.41) is 10.2. The van der Waals surface area contributed by atoms with Gasteiger partial charge in [0.15, 0.2) is 0 Å². The molecule has 2 N–H and O–H groups in total. The summed E-state index contributed by atoms with van der Waals surface area (Å²) in [6.45, 7) is 4.80. The van der Waals surface area contributed by atoms with E-state index in [1.807, 2.05) is 30.3 Å². The van der Waals surface area contributed by atoms with Gasteiger partial charge in [-0.15, -0.1) is 0 Å². The van der Waals surface area contributed by atoms with E-state index in [0.29, 0.717) is 6.54 Å². The van der Waals surface area contributed by atoms with Gasteiger partial charge in [0, 0.05) is 38.4 Å². The number of hydrogen-bond donors (Lipinski definition) is 2. The standard InChI is InChI=1S/C18H24N4OS/c1-21-8-10-22(11-9-21)17(15-7-12-24-14-15)13-19-18(23)20-16-5-3-2-4-6-16/h2-7,12,14,17H,8-11,13H2,1H3,(H2,19,20,23)/t17-/m0/s1. The number of carbonyl (C=O) groups excluding carboxylic acids is 1. The van der Waals surface area contributed by atoms with Crippen molar-refractivity contribution in [3.8, 4) is 0 Å². The molecule has 128 valence electrons. The van der Waals surface area contributed by atoms with E-state index >= 15 is 0 Å². The van der Waals surface area contributed by atoms with E-state index in [9.17, 15) is 4.79 Å². The lowest BCUT2D eigenvalue weighted by molar-refractivity contribution is 0.111. The minimum Gasteiger partial charge on any atom is -0.336 e. The fourth-order valence-corrected chi connectivity index (χ4v) is 3.65. The molecule has 5 nitrogen and oxygen atoms in total. The second-order valence-corrected chi connectivity index (χ2v) is 6.89. The van der Waals surface area contributed by atoms with Crippen LogP contribution in [0.15, 0.2) is 47.2 Å². The smallest absolute Gasteiger partial charge is 0.319 e. The van der Waals surface area contributed by atoms with Crippen molar-refractivity contribution >= 4 is 23.1 Å². The van der Waals surface area contributed by atoms with Crippen LogP contribution in [0, 0.1) is 0 Å². The molecule has 2 heterocycles. The Balaban J connectivity index is 1.59. The van der Waals surface area contributed by atoms with Crippen LogP contribution in [0.25, 0.3) is 0 Å². The van der Waals surface area contributed by atoms with E-state index in [4.69, 9.17) is 0 Å². The molecule has 0 spiro atoms. The normalized spacial score (nSPS) is 17.4. The Morgan fingerprint density at radius 1 is 1.17 bits per heavy atom. The van der Waals surface area contributed by atoms with Crippen molar-refractivity contribution in [2.75, 3.05) is 45.1 Å². The number of benzene rings is 1. The fraction of sp³-hybridized carbons (Fsp3) is 0.389. The first-order valence-electron chi connectivity index (χ1n) is 8.27. The number of amides is 2. The van der Waals surface area contributed by atoms with Crippen LogP contribution in [-0.4, -0.2) is 55.6 Å². The Labute approximate surface area is 147 Å². The number of likely N-dealkylation sites (N-methyl/N-ethyl adjacent to an activating group) is 1. The van der Waals surface area contributed by atoms with Crippen molar-refractivity contribution in [1.29, 1.82) is 0 Å². The third-order valence-electron chi connectivity index (χ3n) is 4.39. The first kappa shape index (κ1) is 17.0. The van der Waals surface area contributed by atoms with Gasteiger partial charge < -0.3 is 15.5 Å². The maximum absolute atomic E-state index is 12.2. The summed E-state index contributed by atoms with van der Waals surface area (Å²) in [4.78, 5) is 17.0. The summed E-state index contributed by atoms with van der Waals surface area (Å²) in [5.74, 6) is 0. The van der Waals surface area contributed by atoms with E-state index in [1.165, 1.54) is 5.56 Å². The average molecular weight is 344 g/mol. The van der Waals surface area contributed by atoms with Gasteiger partial charge in [0.25, 0.3) is 0 Å². The predicted octanol–water partition coefficient (Wildman–Crippen LogP) is 2.86. The Kier molecular flexibility index (Phi) is 5.85. The zero-order valence-corrected chi connectivity index (χ0v) is 14.8. The van der Waals surface area contributed by atoms with Crippen LogP contribution >= 0.6 is 11.3 Å². The van der Waals surface area contributed by atoms with Crippen LogP contribution in [0.5, 0.6) is 0 Å². The molecule has 0 bridgehead atoms. The average Bonchev–Trinajstić information content (AvgIpc) is 3.12. The minimum atomic E-state index is -0.157. The van der Waals surface area contributed by atoms with Gasteiger partial charge in [0.05, 0.1) is 6.04 Å². The summed E-state index contributed by atoms with van der Waals surface area (Å²) in [5.41, 5.74) is 2.09. The van der Waals surface area contributed by atoms with Gasteiger partial charge in [0.1, 0.15) is 0 Å². The molecule has 1 fully saturated rings. The van der Waals surface area contributed by atoms with Crippen LogP contribution in [0.2, 0.25) is 0 Å². The molecule has 1 saturated heterocycles. The maximum atomic E-state index is 12.2. The van der Waals surface area contributed by atoms with Crippen molar-refractivity contribution in [3.63, 3.8) is 0 Å². The number of piperazine rings is 1. The molecule has 1 atom stereocenters. The quantitative estimate of drug-likeness (QED) is 0.877. The number of carbonyl (C=O) groups is 1. The predicted molar refractivity (Wildman–Crippen MR) is 99.6 cm³/mol. The topological polar surface area (TPSA) is 47.6 Å². The molecule has 1 aromatic heterocycles. The van der Waals surface area contributed by atoms with E-state index < -0.39 is 0 Å². The van der Waals surface area contributed by atoms with E-state index in [-0.39, 0.29) is 12.1 Å². The molecule has 0 aliphatic carbocycles. The van der Waals surface area contributed by atoms with Gasteiger partial charge in [-0.25, -0.2) is 4.79 Å². The van der Waals surface area contributed by atoms with Gasteiger partial charge in [-0.3, -0.25) is 4.90 Å². The number of anilines is 1. The molecule has 2 amide bonds. The Hall–Kier alpha value is -1.89. The number of hydrogen-bond acceptors (Lipinski definition) is 4. The molecule has 0 radical (unpaired) electrons. The lowest BCUT2D eigenvalue weighted by Gasteiger charge is -2.37. The second kappa shape index (κ2) is 8.28. The van der Waals surface area contributed by atoms with Crippen LogP contribution in [0.4, 0.5) is 10.5 Å². The summed E-state index contributed by atoms with van der Waals surface area (Å²) in [6, 6.07) is 11.8. The first-order valence-corrected chi connectivity index (χ1v) is 9.21. The second-order valence-electron chi connectivity index (χ2n) is 6.11. The number of nitrogens with one attached hydrogen (secondary N) is 2. The van der Waals surface area contributed by atoms with E-state index in [2.05, 4.69) is 44.3 Å².